The minimum absolute atomic E-state index is 0.124. The number of hydrogen-bond acceptors (Lipinski definition) is 0. The van der Waals surface area contributed by atoms with E-state index in [9.17, 15) is 4.39 Å². The standard InChI is InChI=1S/C13H15F/c1-8(2)13-9(3)6-10-7-11(14)4-5-12(10)13/h4-5,7-8H,6H2,1-3H3. The van der Waals surface area contributed by atoms with E-state index in [2.05, 4.69) is 20.8 Å². The molecule has 0 nitrogen and oxygen atoms in total. The Kier molecular flexibility index (Phi) is 2.18. The van der Waals surface area contributed by atoms with Crippen LogP contribution in [0.25, 0.3) is 5.57 Å². The highest BCUT2D eigenvalue weighted by molar-refractivity contribution is 5.77. The summed E-state index contributed by atoms with van der Waals surface area (Å²) in [5, 5.41) is 0. The van der Waals surface area contributed by atoms with Crippen molar-refractivity contribution in [2.24, 2.45) is 5.92 Å². The molecule has 0 bridgehead atoms. The van der Waals surface area contributed by atoms with Crippen LogP contribution in [0.15, 0.2) is 23.8 Å². The highest BCUT2D eigenvalue weighted by Gasteiger charge is 2.20. The molecule has 1 aliphatic carbocycles. The van der Waals surface area contributed by atoms with Gasteiger partial charge in [0.15, 0.2) is 0 Å². The summed E-state index contributed by atoms with van der Waals surface area (Å²) in [6.07, 6.45) is 0.917. The first kappa shape index (κ1) is 9.45. The Balaban J connectivity index is 2.53. The van der Waals surface area contributed by atoms with Crippen LogP contribution in [0, 0.1) is 11.7 Å². The molecule has 0 atom stereocenters. The fourth-order valence-corrected chi connectivity index (χ4v) is 2.39. The molecule has 0 spiro atoms. The zero-order valence-electron chi connectivity index (χ0n) is 8.89. The Labute approximate surface area is 84.5 Å². The van der Waals surface area contributed by atoms with Gasteiger partial charge in [-0.15, -0.1) is 0 Å². The second kappa shape index (κ2) is 3.23. The smallest absolute Gasteiger partial charge is 0.123 e. The first-order valence-corrected chi connectivity index (χ1v) is 5.08. The van der Waals surface area contributed by atoms with Crippen molar-refractivity contribution in [3.05, 3.63) is 40.7 Å². The van der Waals surface area contributed by atoms with E-state index in [1.54, 1.807) is 12.1 Å². The third kappa shape index (κ3) is 1.37. The summed E-state index contributed by atoms with van der Waals surface area (Å²) < 4.78 is 13.0. The summed E-state index contributed by atoms with van der Waals surface area (Å²) in [6.45, 7) is 6.53. The quantitative estimate of drug-likeness (QED) is 0.631. The van der Waals surface area contributed by atoms with E-state index in [4.69, 9.17) is 0 Å². The molecule has 0 unspecified atom stereocenters. The van der Waals surface area contributed by atoms with Gasteiger partial charge in [0.2, 0.25) is 0 Å². The van der Waals surface area contributed by atoms with Crippen LogP contribution in [0.5, 0.6) is 0 Å². The monoisotopic (exact) mass is 190 g/mol. The molecule has 1 heteroatoms. The van der Waals surface area contributed by atoms with Gasteiger partial charge in [0.1, 0.15) is 5.82 Å². The highest BCUT2D eigenvalue weighted by atomic mass is 19.1. The lowest BCUT2D eigenvalue weighted by molar-refractivity contribution is 0.626. The van der Waals surface area contributed by atoms with Crippen LogP contribution in [-0.2, 0) is 6.42 Å². The van der Waals surface area contributed by atoms with Gasteiger partial charge in [-0.1, -0.05) is 25.5 Å². The van der Waals surface area contributed by atoms with E-state index in [-0.39, 0.29) is 5.82 Å². The van der Waals surface area contributed by atoms with Crippen molar-refractivity contribution in [2.75, 3.05) is 0 Å². The van der Waals surface area contributed by atoms with Crippen molar-refractivity contribution in [2.45, 2.75) is 27.2 Å². The van der Waals surface area contributed by atoms with Crippen LogP contribution >= 0.6 is 0 Å². The van der Waals surface area contributed by atoms with Gasteiger partial charge >= 0.3 is 0 Å². The number of fused-ring (bicyclic) bond motifs is 1. The maximum absolute atomic E-state index is 13.0. The summed E-state index contributed by atoms with van der Waals surface area (Å²) in [4.78, 5) is 0. The van der Waals surface area contributed by atoms with E-state index >= 15 is 0 Å². The fourth-order valence-electron chi connectivity index (χ4n) is 2.39. The largest absolute Gasteiger partial charge is 0.207 e. The first-order chi connectivity index (χ1) is 6.59. The molecule has 1 aromatic rings. The van der Waals surface area contributed by atoms with Gasteiger partial charge in [-0.3, -0.25) is 0 Å². The van der Waals surface area contributed by atoms with Gasteiger partial charge in [-0.2, -0.15) is 0 Å². The topological polar surface area (TPSA) is 0 Å². The van der Waals surface area contributed by atoms with Crippen molar-refractivity contribution in [1.82, 2.24) is 0 Å². The first-order valence-electron chi connectivity index (χ1n) is 5.08. The van der Waals surface area contributed by atoms with Gasteiger partial charge in [-0.05, 0) is 48.1 Å². The Morgan fingerprint density at radius 1 is 1.29 bits per heavy atom. The minimum atomic E-state index is -0.124. The predicted octanol–water partition coefficient (Wildman–Crippen LogP) is 3.81. The normalized spacial score (nSPS) is 15.2. The minimum Gasteiger partial charge on any atom is -0.207 e. The van der Waals surface area contributed by atoms with Crippen LogP contribution in [0.4, 0.5) is 4.39 Å². The molecule has 0 fully saturated rings. The molecule has 0 amide bonds. The number of allylic oxidation sites excluding steroid dienone is 2. The Morgan fingerprint density at radius 2 is 2.00 bits per heavy atom. The van der Waals surface area contributed by atoms with Gasteiger partial charge in [0.25, 0.3) is 0 Å². The lowest BCUT2D eigenvalue weighted by Gasteiger charge is -2.10. The lowest BCUT2D eigenvalue weighted by atomic mass is 9.95. The second-order valence-corrected chi connectivity index (χ2v) is 4.33. The highest BCUT2D eigenvalue weighted by Crippen LogP contribution is 2.37. The summed E-state index contributed by atoms with van der Waals surface area (Å²) in [6, 6.07) is 5.13. The van der Waals surface area contributed by atoms with Crippen molar-refractivity contribution < 1.29 is 4.39 Å². The molecular formula is C13H15F. The van der Waals surface area contributed by atoms with Gasteiger partial charge in [0, 0.05) is 0 Å². The summed E-state index contributed by atoms with van der Waals surface area (Å²) in [7, 11) is 0. The van der Waals surface area contributed by atoms with E-state index in [0.29, 0.717) is 5.92 Å². The number of halogens is 1. The van der Waals surface area contributed by atoms with Crippen LogP contribution in [0.1, 0.15) is 31.9 Å². The van der Waals surface area contributed by atoms with Gasteiger partial charge < -0.3 is 0 Å². The molecule has 74 valence electrons. The van der Waals surface area contributed by atoms with E-state index in [1.165, 1.54) is 16.7 Å². The molecule has 1 aromatic carbocycles. The Hall–Kier alpha value is -1.11. The third-order valence-electron chi connectivity index (χ3n) is 2.85. The van der Waals surface area contributed by atoms with Gasteiger partial charge in [-0.25, -0.2) is 4.39 Å². The predicted molar refractivity (Wildman–Crippen MR) is 57.5 cm³/mol. The maximum atomic E-state index is 13.0. The van der Waals surface area contributed by atoms with Crippen LogP contribution in [0.3, 0.4) is 0 Å². The lowest BCUT2D eigenvalue weighted by Crippen LogP contribution is -1.93. The average molecular weight is 190 g/mol. The molecule has 0 aliphatic heterocycles. The van der Waals surface area contributed by atoms with Crippen molar-refractivity contribution in [3.63, 3.8) is 0 Å². The molecule has 1 aliphatic rings. The zero-order chi connectivity index (χ0) is 10.3. The Morgan fingerprint density at radius 3 is 2.64 bits per heavy atom. The summed E-state index contributed by atoms with van der Waals surface area (Å²) in [5.41, 5.74) is 5.19. The number of hydrogen-bond donors (Lipinski definition) is 0. The Bertz CT molecular complexity index is 400. The third-order valence-corrected chi connectivity index (χ3v) is 2.85. The van der Waals surface area contributed by atoms with Gasteiger partial charge in [0.05, 0.1) is 0 Å². The molecule has 14 heavy (non-hydrogen) atoms. The molecule has 0 saturated heterocycles. The summed E-state index contributed by atoms with van der Waals surface area (Å²) in [5.74, 6) is 0.406. The van der Waals surface area contributed by atoms with E-state index in [0.717, 1.165) is 12.0 Å². The SMILES string of the molecule is CC1=C(C(C)C)c2ccc(F)cc2C1. The fraction of sp³-hybridized carbons (Fsp3) is 0.385. The van der Waals surface area contributed by atoms with Crippen molar-refractivity contribution in [3.8, 4) is 0 Å². The van der Waals surface area contributed by atoms with Crippen molar-refractivity contribution in [1.29, 1.82) is 0 Å². The molecule has 0 radical (unpaired) electrons. The zero-order valence-corrected chi connectivity index (χ0v) is 8.89. The molecule has 0 saturated carbocycles. The van der Waals surface area contributed by atoms with Crippen LogP contribution in [-0.4, -0.2) is 0 Å². The molecule has 0 N–H and O–H groups in total. The van der Waals surface area contributed by atoms with E-state index in [1.807, 2.05) is 6.07 Å². The summed E-state index contributed by atoms with van der Waals surface area (Å²) >= 11 is 0. The van der Waals surface area contributed by atoms with E-state index < -0.39 is 0 Å². The van der Waals surface area contributed by atoms with Crippen LogP contribution in [0.2, 0.25) is 0 Å². The number of rotatable bonds is 1. The average Bonchev–Trinajstić information content (AvgIpc) is 2.39. The maximum Gasteiger partial charge on any atom is 0.123 e. The van der Waals surface area contributed by atoms with Crippen LogP contribution < -0.4 is 0 Å². The second-order valence-electron chi connectivity index (χ2n) is 4.33. The number of benzene rings is 1. The molecular weight excluding hydrogens is 175 g/mol. The van der Waals surface area contributed by atoms with Crippen molar-refractivity contribution >= 4 is 5.57 Å². The molecule has 0 heterocycles. The molecule has 0 aromatic heterocycles. The molecule has 2 rings (SSSR count).